The Labute approximate surface area is 147 Å². The maximum absolute atomic E-state index is 12.5. The van der Waals surface area contributed by atoms with Gasteiger partial charge in [0, 0.05) is 28.5 Å². The third-order valence-electron chi connectivity index (χ3n) is 4.27. The normalized spacial score (nSPS) is 11.0. The summed E-state index contributed by atoms with van der Waals surface area (Å²) in [6.07, 6.45) is 0. The highest BCUT2D eigenvalue weighted by Crippen LogP contribution is 2.32. The Balaban J connectivity index is 1.71. The third-order valence-corrected chi connectivity index (χ3v) is 4.27. The van der Waals surface area contributed by atoms with Crippen LogP contribution in [0.3, 0.4) is 0 Å². The van der Waals surface area contributed by atoms with Crippen molar-refractivity contribution in [1.82, 2.24) is 0 Å². The third kappa shape index (κ3) is 2.57. The lowest BCUT2D eigenvalue weighted by molar-refractivity contribution is -0.384. The summed E-state index contributed by atoms with van der Waals surface area (Å²) in [7, 11) is 0. The monoisotopic (exact) mass is 347 g/mol. The van der Waals surface area contributed by atoms with Gasteiger partial charge in [-0.05, 0) is 24.4 Å². The highest BCUT2D eigenvalue weighted by molar-refractivity contribution is 6.08. The topological polar surface area (TPSA) is 82.6 Å². The molecule has 3 aromatic carbocycles. The number of carbonyl (C=O) groups is 1. The van der Waals surface area contributed by atoms with Crippen molar-refractivity contribution in [3.63, 3.8) is 0 Å². The van der Waals surface area contributed by atoms with E-state index in [-0.39, 0.29) is 17.2 Å². The average molecular weight is 347 g/mol. The van der Waals surface area contributed by atoms with E-state index in [9.17, 15) is 14.9 Å². The van der Waals surface area contributed by atoms with Crippen molar-refractivity contribution in [2.24, 2.45) is 0 Å². The molecular weight excluding hydrogens is 334 g/mol. The Morgan fingerprint density at radius 2 is 1.73 bits per heavy atom. The average Bonchev–Trinajstić information content (AvgIpc) is 2.99. The highest BCUT2D eigenvalue weighted by atomic mass is 16.6. The molecule has 0 aliphatic heterocycles. The van der Waals surface area contributed by atoms with E-state index < -0.39 is 10.9 Å². The molecule has 1 aromatic heterocycles. The van der Waals surface area contributed by atoms with E-state index in [1.807, 2.05) is 36.4 Å². The van der Waals surface area contributed by atoms with E-state index in [0.29, 0.717) is 11.1 Å². The summed E-state index contributed by atoms with van der Waals surface area (Å²) < 4.78 is 11.1. The molecular formula is C20H13NO5. The van der Waals surface area contributed by atoms with Crippen LogP contribution in [0.4, 0.5) is 5.69 Å². The molecule has 0 N–H and O–H groups in total. The van der Waals surface area contributed by atoms with Gasteiger partial charge in [-0.15, -0.1) is 0 Å². The molecule has 0 saturated heterocycles. The standard InChI is InChI=1S/C20H13NO5/c1-12-16-11-6-13-4-2-3-5-17(13)19(16)26-18(12)20(22)25-15-9-7-14(8-10-15)21(23)24/h2-11H,1H3. The zero-order chi connectivity index (χ0) is 18.3. The molecule has 6 nitrogen and oxygen atoms in total. The Bertz CT molecular complexity index is 1160. The van der Waals surface area contributed by atoms with Crippen molar-refractivity contribution < 1.29 is 18.9 Å². The van der Waals surface area contributed by atoms with Gasteiger partial charge in [-0.3, -0.25) is 10.1 Å². The molecule has 0 amide bonds. The van der Waals surface area contributed by atoms with Crippen molar-refractivity contribution in [1.29, 1.82) is 0 Å². The van der Waals surface area contributed by atoms with E-state index in [2.05, 4.69) is 0 Å². The summed E-state index contributed by atoms with van der Waals surface area (Å²) in [5.74, 6) is -0.309. The fraction of sp³-hybridized carbons (Fsp3) is 0.0500. The van der Waals surface area contributed by atoms with Crippen LogP contribution in [0.5, 0.6) is 5.75 Å². The number of benzene rings is 3. The molecule has 0 aliphatic rings. The van der Waals surface area contributed by atoms with Crippen LogP contribution < -0.4 is 4.74 Å². The predicted octanol–water partition coefficient (Wildman–Crippen LogP) is 5.02. The maximum atomic E-state index is 12.5. The lowest BCUT2D eigenvalue weighted by atomic mass is 10.1. The molecule has 0 saturated carbocycles. The molecule has 0 unspecified atom stereocenters. The maximum Gasteiger partial charge on any atom is 0.379 e. The summed E-state index contributed by atoms with van der Waals surface area (Å²) in [6.45, 7) is 1.80. The molecule has 4 aromatic rings. The molecule has 6 heteroatoms. The molecule has 0 spiro atoms. The number of non-ortho nitro benzene ring substituents is 1. The second kappa shape index (κ2) is 6.00. The lowest BCUT2D eigenvalue weighted by Gasteiger charge is -2.02. The van der Waals surface area contributed by atoms with Gasteiger partial charge in [-0.25, -0.2) is 4.79 Å². The zero-order valence-electron chi connectivity index (χ0n) is 13.8. The summed E-state index contributed by atoms with van der Waals surface area (Å²) in [5, 5.41) is 13.5. The van der Waals surface area contributed by atoms with Gasteiger partial charge in [0.15, 0.2) is 0 Å². The van der Waals surface area contributed by atoms with Crippen molar-refractivity contribution >= 4 is 33.4 Å². The van der Waals surface area contributed by atoms with Crippen molar-refractivity contribution in [2.45, 2.75) is 6.92 Å². The number of fused-ring (bicyclic) bond motifs is 3. The van der Waals surface area contributed by atoms with Gasteiger partial charge in [0.1, 0.15) is 11.3 Å². The van der Waals surface area contributed by atoms with Crippen LogP contribution in [0.25, 0.3) is 21.7 Å². The fourth-order valence-electron chi connectivity index (χ4n) is 2.93. The van der Waals surface area contributed by atoms with Gasteiger partial charge < -0.3 is 9.15 Å². The number of nitrogens with zero attached hydrogens (tertiary/aromatic N) is 1. The molecule has 0 aliphatic carbocycles. The van der Waals surface area contributed by atoms with Gasteiger partial charge in [0.05, 0.1) is 4.92 Å². The van der Waals surface area contributed by atoms with Crippen LogP contribution in [0, 0.1) is 17.0 Å². The number of esters is 1. The molecule has 0 bridgehead atoms. The Morgan fingerprint density at radius 3 is 2.46 bits per heavy atom. The van der Waals surface area contributed by atoms with Crippen LogP contribution in [-0.4, -0.2) is 10.9 Å². The Morgan fingerprint density at radius 1 is 1.00 bits per heavy atom. The summed E-state index contributed by atoms with van der Waals surface area (Å²) in [4.78, 5) is 22.7. The second-order valence-corrected chi connectivity index (χ2v) is 5.86. The zero-order valence-corrected chi connectivity index (χ0v) is 13.8. The van der Waals surface area contributed by atoms with E-state index in [1.165, 1.54) is 24.3 Å². The largest absolute Gasteiger partial charge is 0.448 e. The van der Waals surface area contributed by atoms with Crippen molar-refractivity contribution in [3.8, 4) is 5.75 Å². The van der Waals surface area contributed by atoms with Gasteiger partial charge >= 0.3 is 5.97 Å². The number of rotatable bonds is 3. The molecule has 128 valence electrons. The first-order chi connectivity index (χ1) is 12.5. The SMILES string of the molecule is Cc1c(C(=O)Oc2ccc([N+](=O)[O-])cc2)oc2c1ccc1ccccc12. The number of carbonyl (C=O) groups excluding carboxylic acids is 1. The number of hydrogen-bond donors (Lipinski definition) is 0. The van der Waals surface area contributed by atoms with E-state index in [4.69, 9.17) is 9.15 Å². The molecule has 4 rings (SSSR count). The first-order valence-electron chi connectivity index (χ1n) is 7.92. The number of nitro groups is 1. The number of hydrogen-bond acceptors (Lipinski definition) is 5. The summed E-state index contributed by atoms with van der Waals surface area (Å²) >= 11 is 0. The molecule has 26 heavy (non-hydrogen) atoms. The number of nitro benzene ring substituents is 1. The smallest absolute Gasteiger partial charge is 0.379 e. The second-order valence-electron chi connectivity index (χ2n) is 5.86. The minimum Gasteiger partial charge on any atom is -0.448 e. The van der Waals surface area contributed by atoms with E-state index in [0.717, 1.165) is 16.2 Å². The minimum atomic E-state index is -0.642. The first kappa shape index (κ1) is 15.8. The van der Waals surface area contributed by atoms with E-state index in [1.54, 1.807) is 6.92 Å². The quantitative estimate of drug-likeness (QED) is 0.225. The molecule has 1 heterocycles. The number of aryl methyl sites for hydroxylation is 1. The highest BCUT2D eigenvalue weighted by Gasteiger charge is 2.21. The summed E-state index contributed by atoms with van der Waals surface area (Å²) in [6, 6.07) is 17.0. The lowest BCUT2D eigenvalue weighted by Crippen LogP contribution is -2.08. The fourth-order valence-corrected chi connectivity index (χ4v) is 2.93. The Kier molecular flexibility index (Phi) is 3.65. The van der Waals surface area contributed by atoms with Crippen LogP contribution in [0.1, 0.15) is 16.1 Å². The van der Waals surface area contributed by atoms with Gasteiger partial charge in [-0.2, -0.15) is 0 Å². The number of ether oxygens (including phenoxy) is 1. The van der Waals surface area contributed by atoms with Crippen molar-refractivity contribution in [2.75, 3.05) is 0 Å². The van der Waals surface area contributed by atoms with Crippen LogP contribution in [0.2, 0.25) is 0 Å². The summed E-state index contributed by atoms with van der Waals surface area (Å²) in [5.41, 5.74) is 1.25. The van der Waals surface area contributed by atoms with Crippen LogP contribution in [-0.2, 0) is 0 Å². The Hall–Kier alpha value is -3.67. The van der Waals surface area contributed by atoms with Crippen molar-refractivity contribution in [3.05, 3.63) is 82.1 Å². The minimum absolute atomic E-state index is 0.0730. The van der Waals surface area contributed by atoms with Gasteiger partial charge in [0.25, 0.3) is 5.69 Å². The van der Waals surface area contributed by atoms with Gasteiger partial charge in [0.2, 0.25) is 5.76 Å². The predicted molar refractivity (Wildman–Crippen MR) is 96.5 cm³/mol. The molecule has 0 radical (unpaired) electrons. The first-order valence-corrected chi connectivity index (χ1v) is 7.92. The van der Waals surface area contributed by atoms with E-state index >= 15 is 0 Å². The number of furan rings is 1. The van der Waals surface area contributed by atoms with Crippen LogP contribution in [0.15, 0.2) is 65.1 Å². The van der Waals surface area contributed by atoms with Crippen LogP contribution >= 0.6 is 0 Å². The molecule has 0 atom stereocenters. The molecule has 0 fully saturated rings. The van der Waals surface area contributed by atoms with Gasteiger partial charge in [-0.1, -0.05) is 36.4 Å².